The summed E-state index contributed by atoms with van der Waals surface area (Å²) in [7, 11) is 0. The monoisotopic (exact) mass is 560 g/mol. The maximum atomic E-state index is 13.0. The SMILES string of the molecule is Cc1cccc(NC(=O)COc2ccc(Cl)cc2/C=C2\SC(=O)N(Cc3ccc(Cl)cc3Cl)C2=O)c1. The zero-order valence-corrected chi connectivity index (χ0v) is 22.0. The molecule has 1 aliphatic rings. The van der Waals surface area contributed by atoms with E-state index in [9.17, 15) is 14.4 Å². The van der Waals surface area contributed by atoms with Gasteiger partial charge >= 0.3 is 0 Å². The van der Waals surface area contributed by atoms with Gasteiger partial charge in [-0.25, -0.2) is 0 Å². The molecule has 184 valence electrons. The van der Waals surface area contributed by atoms with E-state index >= 15 is 0 Å². The number of nitrogens with zero attached hydrogens (tertiary/aromatic N) is 1. The molecule has 1 N–H and O–H groups in total. The van der Waals surface area contributed by atoms with Gasteiger partial charge in [0, 0.05) is 26.3 Å². The predicted octanol–water partition coefficient (Wildman–Crippen LogP) is 7.21. The van der Waals surface area contributed by atoms with Crippen LogP contribution in [0, 0.1) is 6.92 Å². The average Bonchev–Trinajstić information content (AvgIpc) is 3.07. The first kappa shape index (κ1) is 26.1. The zero-order valence-electron chi connectivity index (χ0n) is 18.9. The molecule has 0 aliphatic carbocycles. The number of hydrogen-bond donors (Lipinski definition) is 1. The third kappa shape index (κ3) is 6.42. The van der Waals surface area contributed by atoms with Gasteiger partial charge in [-0.1, -0.05) is 53.0 Å². The second-order valence-electron chi connectivity index (χ2n) is 7.89. The van der Waals surface area contributed by atoms with Crippen LogP contribution in [-0.2, 0) is 16.1 Å². The highest BCUT2D eigenvalue weighted by atomic mass is 35.5. The molecular formula is C26H19Cl3N2O4S. The van der Waals surface area contributed by atoms with E-state index in [0.717, 1.165) is 22.2 Å². The molecule has 10 heteroatoms. The Bertz CT molecular complexity index is 1390. The van der Waals surface area contributed by atoms with Crippen molar-refractivity contribution in [3.05, 3.63) is 97.3 Å². The lowest BCUT2D eigenvalue weighted by atomic mass is 10.1. The molecule has 3 aromatic rings. The van der Waals surface area contributed by atoms with Gasteiger partial charge in [0.1, 0.15) is 5.75 Å². The van der Waals surface area contributed by atoms with Crippen molar-refractivity contribution in [3.8, 4) is 5.75 Å². The molecule has 0 bridgehead atoms. The van der Waals surface area contributed by atoms with E-state index in [4.69, 9.17) is 39.5 Å². The van der Waals surface area contributed by atoms with Gasteiger partial charge in [0.15, 0.2) is 6.61 Å². The van der Waals surface area contributed by atoms with Crippen molar-refractivity contribution in [3.63, 3.8) is 0 Å². The Morgan fingerprint density at radius 2 is 1.78 bits per heavy atom. The molecule has 0 aromatic heterocycles. The van der Waals surface area contributed by atoms with Crippen LogP contribution in [0.15, 0.2) is 65.6 Å². The third-order valence-corrected chi connectivity index (χ3v) is 6.87. The van der Waals surface area contributed by atoms with Crippen molar-refractivity contribution in [2.24, 2.45) is 0 Å². The average molecular weight is 562 g/mol. The number of halogens is 3. The van der Waals surface area contributed by atoms with Crippen LogP contribution in [-0.4, -0.2) is 28.6 Å². The van der Waals surface area contributed by atoms with Gasteiger partial charge in [0.2, 0.25) is 0 Å². The smallest absolute Gasteiger partial charge is 0.293 e. The summed E-state index contributed by atoms with van der Waals surface area (Å²) < 4.78 is 5.71. The van der Waals surface area contributed by atoms with Crippen LogP contribution >= 0.6 is 46.6 Å². The van der Waals surface area contributed by atoms with Crippen molar-refractivity contribution < 1.29 is 19.1 Å². The number of amides is 3. The van der Waals surface area contributed by atoms with E-state index in [1.165, 1.54) is 6.08 Å². The maximum absolute atomic E-state index is 13.0. The van der Waals surface area contributed by atoms with Gasteiger partial charge in [-0.2, -0.15) is 0 Å². The van der Waals surface area contributed by atoms with Gasteiger partial charge in [-0.3, -0.25) is 19.3 Å². The number of aryl methyl sites for hydroxylation is 1. The van der Waals surface area contributed by atoms with Crippen LogP contribution in [0.2, 0.25) is 15.1 Å². The summed E-state index contributed by atoms with van der Waals surface area (Å²) >= 11 is 19.1. The molecule has 3 amide bonds. The molecule has 36 heavy (non-hydrogen) atoms. The minimum absolute atomic E-state index is 0.00996. The van der Waals surface area contributed by atoms with Crippen molar-refractivity contribution in [1.29, 1.82) is 0 Å². The van der Waals surface area contributed by atoms with Gasteiger partial charge in [-0.15, -0.1) is 0 Å². The first-order valence-electron chi connectivity index (χ1n) is 10.7. The van der Waals surface area contributed by atoms with Crippen molar-refractivity contribution >= 4 is 75.4 Å². The second-order valence-corrected chi connectivity index (χ2v) is 10.2. The van der Waals surface area contributed by atoms with Gasteiger partial charge < -0.3 is 10.1 Å². The van der Waals surface area contributed by atoms with Crippen molar-refractivity contribution in [2.75, 3.05) is 11.9 Å². The Kier molecular flexibility index (Phi) is 8.26. The van der Waals surface area contributed by atoms with Gasteiger partial charge in [-0.05, 0) is 78.4 Å². The van der Waals surface area contributed by atoms with Crippen LogP contribution in [0.1, 0.15) is 16.7 Å². The lowest BCUT2D eigenvalue weighted by molar-refractivity contribution is -0.123. The van der Waals surface area contributed by atoms with Crippen LogP contribution < -0.4 is 10.1 Å². The molecule has 1 heterocycles. The molecule has 1 aliphatic heterocycles. The number of hydrogen-bond acceptors (Lipinski definition) is 5. The molecule has 6 nitrogen and oxygen atoms in total. The molecule has 1 fully saturated rings. The molecule has 1 saturated heterocycles. The van der Waals surface area contributed by atoms with Crippen molar-refractivity contribution in [1.82, 2.24) is 4.90 Å². The fourth-order valence-corrected chi connectivity index (χ4v) is 4.90. The Morgan fingerprint density at radius 1 is 1.03 bits per heavy atom. The van der Waals surface area contributed by atoms with E-state index in [1.807, 2.05) is 25.1 Å². The first-order chi connectivity index (χ1) is 17.2. The molecular weight excluding hydrogens is 543 g/mol. The highest BCUT2D eigenvalue weighted by molar-refractivity contribution is 8.18. The summed E-state index contributed by atoms with van der Waals surface area (Å²) in [5.74, 6) is -0.480. The summed E-state index contributed by atoms with van der Waals surface area (Å²) in [6.45, 7) is 1.68. The molecule has 3 aromatic carbocycles. The number of rotatable bonds is 7. The Hall–Kier alpha value is -2.97. The van der Waals surface area contributed by atoms with Gasteiger partial charge in [0.05, 0.1) is 11.4 Å². The third-order valence-electron chi connectivity index (χ3n) is 5.14. The molecule has 0 radical (unpaired) electrons. The second kappa shape index (κ2) is 11.4. The van der Waals surface area contributed by atoms with E-state index < -0.39 is 11.1 Å². The first-order valence-corrected chi connectivity index (χ1v) is 12.6. The summed E-state index contributed by atoms with van der Waals surface area (Å²) in [5.41, 5.74) is 2.73. The van der Waals surface area contributed by atoms with E-state index in [1.54, 1.807) is 42.5 Å². The number of nitrogens with one attached hydrogen (secondary N) is 1. The topological polar surface area (TPSA) is 75.7 Å². The zero-order chi connectivity index (χ0) is 25.8. The Labute approximate surface area is 227 Å². The fraction of sp³-hybridized carbons (Fsp3) is 0.115. The number of carbonyl (C=O) groups excluding carboxylic acids is 3. The number of carbonyl (C=O) groups is 3. The molecule has 0 saturated carbocycles. The summed E-state index contributed by atoms with van der Waals surface area (Å²) in [5, 5.41) is 3.57. The maximum Gasteiger partial charge on any atom is 0.293 e. The normalized spacial score (nSPS) is 14.4. The number of imide groups is 1. The van der Waals surface area contributed by atoms with E-state index in [2.05, 4.69) is 5.32 Å². The van der Waals surface area contributed by atoms with Crippen LogP contribution in [0.3, 0.4) is 0 Å². The quantitative estimate of drug-likeness (QED) is 0.309. The predicted molar refractivity (Wildman–Crippen MR) is 145 cm³/mol. The lowest BCUT2D eigenvalue weighted by Gasteiger charge is -2.14. The highest BCUT2D eigenvalue weighted by Crippen LogP contribution is 2.36. The minimum Gasteiger partial charge on any atom is -0.483 e. The van der Waals surface area contributed by atoms with Crippen LogP contribution in [0.4, 0.5) is 10.5 Å². The van der Waals surface area contributed by atoms with E-state index in [0.29, 0.717) is 37.6 Å². The number of anilines is 1. The van der Waals surface area contributed by atoms with Crippen LogP contribution in [0.25, 0.3) is 6.08 Å². The number of ether oxygens (including phenoxy) is 1. The van der Waals surface area contributed by atoms with Crippen LogP contribution in [0.5, 0.6) is 5.75 Å². The molecule has 4 rings (SSSR count). The number of benzene rings is 3. The molecule has 0 unspecified atom stereocenters. The largest absolute Gasteiger partial charge is 0.483 e. The van der Waals surface area contributed by atoms with E-state index in [-0.39, 0.29) is 24.0 Å². The number of thioether (sulfide) groups is 1. The summed E-state index contributed by atoms with van der Waals surface area (Å²) in [6.07, 6.45) is 1.52. The minimum atomic E-state index is -0.473. The molecule has 0 spiro atoms. The van der Waals surface area contributed by atoms with Crippen molar-refractivity contribution in [2.45, 2.75) is 13.5 Å². The Balaban J connectivity index is 1.49. The highest BCUT2D eigenvalue weighted by Gasteiger charge is 2.35. The summed E-state index contributed by atoms with van der Waals surface area (Å²) in [6, 6.07) is 17.1. The lowest BCUT2D eigenvalue weighted by Crippen LogP contribution is -2.27. The Morgan fingerprint density at radius 3 is 2.53 bits per heavy atom. The molecule has 0 atom stereocenters. The standard InChI is InChI=1S/C26H19Cl3N2O4S/c1-15-3-2-4-20(9-15)30-24(32)14-35-22-8-7-18(27)10-17(22)11-23-25(33)31(26(34)36-23)13-16-5-6-19(28)12-21(16)29/h2-12H,13-14H2,1H3,(H,30,32)/b23-11-. The fourth-order valence-electron chi connectivity index (χ4n) is 3.42. The summed E-state index contributed by atoms with van der Waals surface area (Å²) in [4.78, 5) is 39.3. The van der Waals surface area contributed by atoms with Gasteiger partial charge in [0.25, 0.3) is 17.1 Å².